The van der Waals surface area contributed by atoms with Gasteiger partial charge in [0.1, 0.15) is 5.82 Å². The van der Waals surface area contributed by atoms with Crippen LogP contribution in [-0.4, -0.2) is 0 Å². The molecule has 0 aliphatic rings. The van der Waals surface area contributed by atoms with Crippen molar-refractivity contribution in [3.05, 3.63) is 65.5 Å². The summed E-state index contributed by atoms with van der Waals surface area (Å²) in [4.78, 5) is 0. The Hall–Kier alpha value is -1.83. The summed E-state index contributed by atoms with van der Waals surface area (Å²) in [7, 11) is 0. The van der Waals surface area contributed by atoms with E-state index in [-0.39, 0.29) is 17.3 Å². The number of nitrogens with one attached hydrogen (secondary N) is 1. The Morgan fingerprint density at radius 3 is 2.29 bits per heavy atom. The van der Waals surface area contributed by atoms with Crippen LogP contribution in [0.25, 0.3) is 0 Å². The van der Waals surface area contributed by atoms with E-state index in [0.717, 1.165) is 12.1 Å². The van der Waals surface area contributed by atoms with Gasteiger partial charge in [-0.1, -0.05) is 51.1 Å². The van der Waals surface area contributed by atoms with E-state index in [1.165, 1.54) is 11.6 Å². The van der Waals surface area contributed by atoms with Crippen LogP contribution in [-0.2, 0) is 0 Å². The molecular weight excluding hydrogens is 261 g/mol. The second-order valence-electron chi connectivity index (χ2n) is 6.84. The lowest BCUT2D eigenvalue weighted by molar-refractivity contribution is 0.352. The van der Waals surface area contributed by atoms with Crippen molar-refractivity contribution < 1.29 is 4.39 Å². The second kappa shape index (κ2) is 6.30. The van der Waals surface area contributed by atoms with Crippen LogP contribution in [0, 0.1) is 18.2 Å². The molecule has 0 saturated heterocycles. The fourth-order valence-electron chi connectivity index (χ4n) is 2.49. The first-order valence-electron chi connectivity index (χ1n) is 7.43. The molecule has 0 heterocycles. The van der Waals surface area contributed by atoms with E-state index in [1.54, 1.807) is 13.0 Å². The lowest BCUT2D eigenvalue weighted by atomic mass is 9.85. The maximum Gasteiger partial charge on any atom is 0.126 e. The molecule has 0 saturated carbocycles. The molecule has 1 nitrogen and oxygen atoms in total. The van der Waals surface area contributed by atoms with Gasteiger partial charge in [-0.25, -0.2) is 4.39 Å². The molecule has 0 fully saturated rings. The van der Waals surface area contributed by atoms with Crippen molar-refractivity contribution in [3.8, 4) is 0 Å². The third kappa shape index (κ3) is 4.59. The zero-order chi connectivity index (χ0) is 15.5. The van der Waals surface area contributed by atoms with Gasteiger partial charge >= 0.3 is 0 Å². The molecule has 1 unspecified atom stereocenters. The molecule has 0 spiro atoms. The van der Waals surface area contributed by atoms with Crippen LogP contribution in [0.3, 0.4) is 0 Å². The third-order valence-electron chi connectivity index (χ3n) is 3.52. The maximum absolute atomic E-state index is 13.4. The summed E-state index contributed by atoms with van der Waals surface area (Å²) in [6.07, 6.45) is 1.01. The Morgan fingerprint density at radius 2 is 1.71 bits per heavy atom. The Labute approximate surface area is 127 Å². The predicted octanol–water partition coefficient (Wildman–Crippen LogP) is 5.72. The Bertz CT molecular complexity index is 584. The topological polar surface area (TPSA) is 12.0 Å². The minimum atomic E-state index is -0.160. The van der Waals surface area contributed by atoms with E-state index in [1.807, 2.05) is 12.1 Å². The van der Waals surface area contributed by atoms with Crippen molar-refractivity contribution >= 4 is 5.69 Å². The first kappa shape index (κ1) is 15.6. The highest BCUT2D eigenvalue weighted by atomic mass is 19.1. The smallest absolute Gasteiger partial charge is 0.126 e. The lowest BCUT2D eigenvalue weighted by Crippen LogP contribution is -2.18. The Balaban J connectivity index is 2.25. The van der Waals surface area contributed by atoms with E-state index in [9.17, 15) is 4.39 Å². The molecule has 2 aromatic carbocycles. The quantitative estimate of drug-likeness (QED) is 0.757. The summed E-state index contributed by atoms with van der Waals surface area (Å²) < 4.78 is 13.4. The van der Waals surface area contributed by atoms with Crippen LogP contribution in [0.4, 0.5) is 10.1 Å². The molecule has 0 aliphatic carbocycles. The van der Waals surface area contributed by atoms with E-state index >= 15 is 0 Å². The fraction of sp³-hybridized carbons (Fsp3) is 0.368. The summed E-state index contributed by atoms with van der Waals surface area (Å²) in [5.41, 5.74) is 3.10. The summed E-state index contributed by atoms with van der Waals surface area (Å²) in [5.74, 6) is -0.160. The molecule has 2 heteroatoms. The largest absolute Gasteiger partial charge is 0.378 e. The standard InChI is InChI=1S/C19H24FN/c1-14-12-16(10-11-17(14)20)21-18(13-19(2,3)4)15-8-6-5-7-9-15/h5-12,18,21H,13H2,1-4H3. The maximum atomic E-state index is 13.4. The zero-order valence-corrected chi connectivity index (χ0v) is 13.3. The second-order valence-corrected chi connectivity index (χ2v) is 6.84. The summed E-state index contributed by atoms with van der Waals surface area (Å²) >= 11 is 0. The number of halogens is 1. The molecule has 1 atom stereocenters. The molecule has 2 aromatic rings. The molecule has 0 aliphatic heterocycles. The van der Waals surface area contributed by atoms with Gasteiger partial charge in [0.2, 0.25) is 0 Å². The molecule has 0 bridgehead atoms. The molecule has 0 amide bonds. The minimum Gasteiger partial charge on any atom is -0.378 e. The van der Waals surface area contributed by atoms with Gasteiger partial charge in [-0.05, 0) is 48.1 Å². The summed E-state index contributed by atoms with van der Waals surface area (Å²) in [6.45, 7) is 8.50. The van der Waals surface area contributed by atoms with Crippen molar-refractivity contribution in [2.24, 2.45) is 5.41 Å². The van der Waals surface area contributed by atoms with Crippen LogP contribution < -0.4 is 5.32 Å². The lowest BCUT2D eigenvalue weighted by Gasteiger charge is -2.28. The van der Waals surface area contributed by atoms with Gasteiger partial charge in [0.25, 0.3) is 0 Å². The van der Waals surface area contributed by atoms with Gasteiger partial charge in [0.15, 0.2) is 0 Å². The highest BCUT2D eigenvalue weighted by molar-refractivity contribution is 5.48. The first-order chi connectivity index (χ1) is 9.85. The molecule has 0 radical (unpaired) electrons. The summed E-state index contributed by atoms with van der Waals surface area (Å²) in [5, 5.41) is 3.55. The van der Waals surface area contributed by atoms with Crippen molar-refractivity contribution in [3.63, 3.8) is 0 Å². The zero-order valence-electron chi connectivity index (χ0n) is 13.3. The highest BCUT2D eigenvalue weighted by Crippen LogP contribution is 2.32. The fourth-order valence-corrected chi connectivity index (χ4v) is 2.49. The van der Waals surface area contributed by atoms with Gasteiger partial charge in [-0.2, -0.15) is 0 Å². The number of hydrogen-bond acceptors (Lipinski definition) is 1. The number of anilines is 1. The predicted molar refractivity (Wildman–Crippen MR) is 88.0 cm³/mol. The molecule has 112 valence electrons. The Kier molecular flexibility index (Phi) is 4.66. The van der Waals surface area contributed by atoms with Gasteiger partial charge in [-0.15, -0.1) is 0 Å². The average Bonchev–Trinajstić information content (AvgIpc) is 2.42. The summed E-state index contributed by atoms with van der Waals surface area (Å²) in [6, 6.07) is 15.8. The number of rotatable bonds is 4. The normalized spacial score (nSPS) is 13.0. The van der Waals surface area contributed by atoms with Gasteiger partial charge in [0, 0.05) is 5.69 Å². The average molecular weight is 285 g/mol. The number of benzene rings is 2. The minimum absolute atomic E-state index is 0.160. The molecule has 1 N–H and O–H groups in total. The molecular formula is C19H24FN. The monoisotopic (exact) mass is 285 g/mol. The van der Waals surface area contributed by atoms with E-state index in [4.69, 9.17) is 0 Å². The molecule has 2 rings (SSSR count). The van der Waals surface area contributed by atoms with Gasteiger partial charge < -0.3 is 5.32 Å². The van der Waals surface area contributed by atoms with Crippen molar-refractivity contribution in [1.29, 1.82) is 0 Å². The van der Waals surface area contributed by atoms with Crippen LogP contribution in [0.15, 0.2) is 48.5 Å². The SMILES string of the molecule is Cc1cc(NC(CC(C)(C)C)c2ccccc2)ccc1F. The number of aryl methyl sites for hydroxylation is 1. The highest BCUT2D eigenvalue weighted by Gasteiger charge is 2.20. The van der Waals surface area contributed by atoms with Crippen LogP contribution in [0.1, 0.15) is 44.4 Å². The van der Waals surface area contributed by atoms with Crippen LogP contribution in [0.2, 0.25) is 0 Å². The van der Waals surface area contributed by atoms with Gasteiger partial charge in [-0.3, -0.25) is 0 Å². The van der Waals surface area contributed by atoms with Crippen molar-refractivity contribution in [2.75, 3.05) is 5.32 Å². The third-order valence-corrected chi connectivity index (χ3v) is 3.52. The van der Waals surface area contributed by atoms with E-state index in [0.29, 0.717) is 5.56 Å². The van der Waals surface area contributed by atoms with E-state index < -0.39 is 0 Å². The molecule has 21 heavy (non-hydrogen) atoms. The Morgan fingerprint density at radius 1 is 1.05 bits per heavy atom. The van der Waals surface area contributed by atoms with Crippen LogP contribution in [0.5, 0.6) is 0 Å². The molecule has 0 aromatic heterocycles. The van der Waals surface area contributed by atoms with Gasteiger partial charge in [0.05, 0.1) is 6.04 Å². The van der Waals surface area contributed by atoms with E-state index in [2.05, 4.69) is 50.4 Å². The van der Waals surface area contributed by atoms with Crippen molar-refractivity contribution in [2.45, 2.75) is 40.2 Å². The van der Waals surface area contributed by atoms with Crippen molar-refractivity contribution in [1.82, 2.24) is 0 Å². The number of hydrogen-bond donors (Lipinski definition) is 1. The first-order valence-corrected chi connectivity index (χ1v) is 7.43. The van der Waals surface area contributed by atoms with Crippen LogP contribution >= 0.6 is 0 Å².